The molecule has 0 spiro atoms. The van der Waals surface area contributed by atoms with Crippen molar-refractivity contribution in [1.82, 2.24) is 4.98 Å². The third-order valence-electron chi connectivity index (χ3n) is 4.05. The second-order valence-electron chi connectivity index (χ2n) is 5.94. The summed E-state index contributed by atoms with van der Waals surface area (Å²) in [5, 5.41) is 14.1. The number of carbonyl (C=O) groups excluding carboxylic acids is 1. The Kier molecular flexibility index (Phi) is 4.25. The number of halogens is 1. The Hall–Kier alpha value is -3.38. The molecule has 2 N–H and O–H groups in total. The van der Waals surface area contributed by atoms with Crippen LogP contribution in [0.2, 0.25) is 5.02 Å². The number of aromatic nitrogens is 1. The van der Waals surface area contributed by atoms with Gasteiger partial charge in [-0.1, -0.05) is 17.7 Å². The summed E-state index contributed by atoms with van der Waals surface area (Å²) >= 11 is 5.99. The van der Waals surface area contributed by atoms with Crippen molar-refractivity contribution in [2.24, 2.45) is 4.99 Å². The fraction of sp³-hybridized carbons (Fsp3) is 0.0500. The van der Waals surface area contributed by atoms with Crippen molar-refractivity contribution in [2.45, 2.75) is 6.92 Å². The average Bonchev–Trinajstić information content (AvgIpc) is 3.17. The Bertz CT molecular complexity index is 1120. The Morgan fingerprint density at radius 3 is 2.93 bits per heavy atom. The van der Waals surface area contributed by atoms with Crippen LogP contribution in [0.3, 0.4) is 0 Å². The van der Waals surface area contributed by atoms with E-state index in [2.05, 4.69) is 15.3 Å². The summed E-state index contributed by atoms with van der Waals surface area (Å²) in [6.45, 7) is 1.36. The van der Waals surface area contributed by atoms with Crippen LogP contribution in [-0.4, -0.2) is 22.1 Å². The van der Waals surface area contributed by atoms with E-state index < -0.39 is 0 Å². The number of nitrogens with zero attached hydrogens (tertiary/aromatic N) is 2. The van der Waals surface area contributed by atoms with Gasteiger partial charge in [-0.05, 0) is 43.3 Å². The number of Topliss-reactive ketones (excluding diaryl/α,β-unsaturated/α-hetero) is 1. The minimum absolute atomic E-state index is 0.0724. The van der Waals surface area contributed by atoms with Gasteiger partial charge in [0.2, 0.25) is 5.88 Å². The highest BCUT2D eigenvalue weighted by Gasteiger charge is 2.24. The molecule has 0 fully saturated rings. The highest BCUT2D eigenvalue weighted by molar-refractivity contribution is 6.30. The van der Waals surface area contributed by atoms with Crippen LogP contribution in [0.15, 0.2) is 52.0 Å². The molecule has 1 aromatic carbocycles. The van der Waals surface area contributed by atoms with Gasteiger partial charge in [-0.15, -0.1) is 0 Å². The summed E-state index contributed by atoms with van der Waals surface area (Å²) in [5.41, 5.74) is 2.26. The van der Waals surface area contributed by atoms with Crippen molar-refractivity contribution in [1.29, 1.82) is 0 Å². The minimum Gasteiger partial charge on any atom is -0.504 e. The van der Waals surface area contributed by atoms with Crippen molar-refractivity contribution < 1.29 is 14.3 Å². The lowest BCUT2D eigenvalue weighted by molar-refractivity contribution is 0.101. The molecular formula is C20H14ClN3O3. The molecule has 3 aromatic rings. The number of anilines is 2. The van der Waals surface area contributed by atoms with E-state index in [0.29, 0.717) is 16.5 Å². The molecule has 0 saturated heterocycles. The highest BCUT2D eigenvalue weighted by Crippen LogP contribution is 2.39. The van der Waals surface area contributed by atoms with E-state index in [4.69, 9.17) is 16.0 Å². The summed E-state index contributed by atoms with van der Waals surface area (Å²) in [4.78, 5) is 20.5. The summed E-state index contributed by atoms with van der Waals surface area (Å²) < 4.78 is 5.74. The molecule has 2 aromatic heterocycles. The van der Waals surface area contributed by atoms with Crippen LogP contribution in [0, 0.1) is 0 Å². The molecule has 1 aliphatic heterocycles. The highest BCUT2D eigenvalue weighted by atomic mass is 35.5. The van der Waals surface area contributed by atoms with Crippen molar-refractivity contribution in [2.75, 3.05) is 5.32 Å². The molecule has 6 nitrogen and oxygen atoms in total. The van der Waals surface area contributed by atoms with E-state index in [-0.39, 0.29) is 28.7 Å². The van der Waals surface area contributed by atoms with Crippen LogP contribution in [0.25, 0.3) is 11.6 Å². The smallest absolute Gasteiger partial charge is 0.212 e. The van der Waals surface area contributed by atoms with Gasteiger partial charge in [0.15, 0.2) is 23.1 Å². The lowest BCUT2D eigenvalue weighted by atomic mass is 10.1. The molecular weight excluding hydrogens is 366 g/mol. The number of furan rings is 1. The van der Waals surface area contributed by atoms with E-state index in [1.807, 2.05) is 6.07 Å². The standard InChI is InChI=1S/C20H14ClN3O3/c1-11(25)17-18(26)16(8-12-10-23-19-15(12)6-3-7-22-19)27-20(17)24-14-5-2-4-13(21)9-14/h2-10,24,26H,1H3. The van der Waals surface area contributed by atoms with Gasteiger partial charge in [-0.25, -0.2) is 9.98 Å². The molecule has 0 radical (unpaired) electrons. The SMILES string of the molecule is CC(=O)c1c(Nc2cccc(Cl)c2)oc(C=C2C=Nc3ncccc32)c1O. The number of allylic oxidation sites excluding steroid dienone is 1. The summed E-state index contributed by atoms with van der Waals surface area (Å²) in [5.74, 6) is 0.343. The zero-order valence-corrected chi connectivity index (χ0v) is 15.0. The van der Waals surface area contributed by atoms with E-state index in [1.54, 1.807) is 48.8 Å². The molecule has 4 rings (SSSR count). The molecule has 134 valence electrons. The number of aliphatic imine (C=N–C) groups is 1. The molecule has 3 heterocycles. The van der Waals surface area contributed by atoms with Gasteiger partial charge in [0.1, 0.15) is 5.56 Å². The molecule has 0 saturated carbocycles. The van der Waals surface area contributed by atoms with Crippen molar-refractivity contribution in [3.63, 3.8) is 0 Å². The van der Waals surface area contributed by atoms with Crippen molar-refractivity contribution in [3.8, 4) is 5.75 Å². The van der Waals surface area contributed by atoms with Gasteiger partial charge in [-0.2, -0.15) is 0 Å². The fourth-order valence-electron chi connectivity index (χ4n) is 2.83. The van der Waals surface area contributed by atoms with Crippen LogP contribution in [0.5, 0.6) is 5.75 Å². The molecule has 0 amide bonds. The van der Waals surface area contributed by atoms with Crippen LogP contribution < -0.4 is 5.32 Å². The predicted octanol–water partition coefficient (Wildman–Crippen LogP) is 5.24. The quantitative estimate of drug-likeness (QED) is 0.605. The monoisotopic (exact) mass is 379 g/mol. The average molecular weight is 380 g/mol. The summed E-state index contributed by atoms with van der Waals surface area (Å²) in [6.07, 6.45) is 4.92. The Labute approximate surface area is 159 Å². The Morgan fingerprint density at radius 1 is 1.30 bits per heavy atom. The van der Waals surface area contributed by atoms with Crippen molar-refractivity contribution in [3.05, 3.63) is 64.5 Å². The number of ketones is 1. The second-order valence-corrected chi connectivity index (χ2v) is 6.38. The molecule has 0 bridgehead atoms. The fourth-order valence-corrected chi connectivity index (χ4v) is 3.02. The first-order valence-corrected chi connectivity index (χ1v) is 8.51. The molecule has 7 heteroatoms. The molecule has 1 aliphatic rings. The van der Waals surface area contributed by atoms with E-state index in [9.17, 15) is 9.90 Å². The predicted molar refractivity (Wildman–Crippen MR) is 105 cm³/mol. The zero-order chi connectivity index (χ0) is 19.0. The maximum Gasteiger partial charge on any atom is 0.212 e. The number of carbonyl (C=O) groups is 1. The number of pyridine rings is 1. The Morgan fingerprint density at radius 2 is 2.15 bits per heavy atom. The largest absolute Gasteiger partial charge is 0.504 e. The normalized spacial score (nSPS) is 13.8. The summed E-state index contributed by atoms with van der Waals surface area (Å²) in [7, 11) is 0. The lowest BCUT2D eigenvalue weighted by Gasteiger charge is -2.04. The second kappa shape index (κ2) is 6.74. The Balaban J connectivity index is 1.76. The molecule has 0 aliphatic carbocycles. The first-order valence-electron chi connectivity index (χ1n) is 8.13. The minimum atomic E-state index is -0.326. The maximum absolute atomic E-state index is 12.1. The van der Waals surface area contributed by atoms with E-state index in [1.165, 1.54) is 6.92 Å². The van der Waals surface area contributed by atoms with Crippen LogP contribution in [-0.2, 0) is 0 Å². The lowest BCUT2D eigenvalue weighted by Crippen LogP contribution is -1.97. The maximum atomic E-state index is 12.1. The third-order valence-corrected chi connectivity index (χ3v) is 4.29. The van der Waals surface area contributed by atoms with Gasteiger partial charge in [0.25, 0.3) is 0 Å². The first kappa shape index (κ1) is 17.1. The van der Waals surface area contributed by atoms with Gasteiger partial charge in [0, 0.05) is 34.3 Å². The molecule has 0 atom stereocenters. The van der Waals surface area contributed by atoms with Gasteiger partial charge >= 0.3 is 0 Å². The number of hydrogen-bond acceptors (Lipinski definition) is 6. The number of fused-ring (bicyclic) bond motifs is 1. The number of hydrogen-bond donors (Lipinski definition) is 2. The van der Waals surface area contributed by atoms with E-state index >= 15 is 0 Å². The van der Waals surface area contributed by atoms with Crippen LogP contribution in [0.1, 0.15) is 28.6 Å². The van der Waals surface area contributed by atoms with Gasteiger partial charge in [-0.3, -0.25) is 4.79 Å². The number of benzene rings is 1. The van der Waals surface area contributed by atoms with Crippen LogP contribution >= 0.6 is 11.6 Å². The van der Waals surface area contributed by atoms with E-state index in [0.717, 1.165) is 11.1 Å². The molecule has 0 unspecified atom stereocenters. The number of rotatable bonds is 4. The third kappa shape index (κ3) is 3.22. The molecule has 27 heavy (non-hydrogen) atoms. The van der Waals surface area contributed by atoms with Crippen molar-refractivity contribution >= 4 is 52.6 Å². The summed E-state index contributed by atoms with van der Waals surface area (Å²) in [6, 6.07) is 10.6. The first-order chi connectivity index (χ1) is 13.0. The van der Waals surface area contributed by atoms with Gasteiger partial charge < -0.3 is 14.8 Å². The topological polar surface area (TPSA) is 87.7 Å². The number of aromatic hydroxyl groups is 1. The van der Waals surface area contributed by atoms with Gasteiger partial charge in [0.05, 0.1) is 0 Å². The zero-order valence-electron chi connectivity index (χ0n) is 14.2. The van der Waals surface area contributed by atoms with Crippen LogP contribution in [0.4, 0.5) is 17.4 Å². The number of nitrogens with one attached hydrogen (secondary N) is 1.